The zero-order chi connectivity index (χ0) is 21.2. The molecule has 0 unspecified atom stereocenters. The van der Waals surface area contributed by atoms with Crippen LogP contribution in [0.1, 0.15) is 28.4 Å². The van der Waals surface area contributed by atoms with E-state index in [1.807, 2.05) is 37.3 Å². The first kappa shape index (κ1) is 21.9. The maximum Gasteiger partial charge on any atom is 0.269 e. The molecule has 8 heteroatoms. The number of hydrogen-bond acceptors (Lipinski definition) is 4. The van der Waals surface area contributed by atoms with Crippen LogP contribution in [0.2, 0.25) is 0 Å². The molecule has 0 heterocycles. The van der Waals surface area contributed by atoms with Crippen LogP contribution in [-0.4, -0.2) is 48.9 Å². The van der Waals surface area contributed by atoms with Crippen LogP contribution in [0.3, 0.4) is 0 Å². The number of guanidine groups is 1. The fourth-order valence-electron chi connectivity index (χ4n) is 2.72. The van der Waals surface area contributed by atoms with E-state index in [1.165, 1.54) is 12.1 Å². The standard InChI is InChI=1S/C21H27N5O3/c1-4-22-21(24-15-17-8-6-10-19(14-17)26(28)29)23-12-11-16-7-5-9-18(13-16)20(27)25(2)3/h5-10,13-14H,4,11-12,15H2,1-3H3,(H2,22,23,24). The Morgan fingerprint density at radius 2 is 1.83 bits per heavy atom. The summed E-state index contributed by atoms with van der Waals surface area (Å²) in [7, 11) is 3.47. The first-order valence-electron chi connectivity index (χ1n) is 9.46. The van der Waals surface area contributed by atoms with Gasteiger partial charge in [0.25, 0.3) is 11.6 Å². The Balaban J connectivity index is 1.96. The minimum atomic E-state index is -0.411. The van der Waals surface area contributed by atoms with E-state index < -0.39 is 4.92 Å². The number of benzene rings is 2. The number of nitro benzene ring substituents is 1. The van der Waals surface area contributed by atoms with Crippen LogP contribution < -0.4 is 10.6 Å². The van der Waals surface area contributed by atoms with Crippen molar-refractivity contribution in [2.45, 2.75) is 19.9 Å². The molecule has 0 aliphatic carbocycles. The van der Waals surface area contributed by atoms with Gasteiger partial charge < -0.3 is 15.5 Å². The van der Waals surface area contributed by atoms with E-state index in [1.54, 1.807) is 25.1 Å². The average molecular weight is 397 g/mol. The number of hydrogen-bond donors (Lipinski definition) is 2. The Labute approximate surface area is 170 Å². The Kier molecular flexibility index (Phi) is 8.14. The molecule has 0 aromatic heterocycles. The first-order valence-corrected chi connectivity index (χ1v) is 9.46. The second-order valence-corrected chi connectivity index (χ2v) is 6.70. The van der Waals surface area contributed by atoms with Crippen LogP contribution in [0.5, 0.6) is 0 Å². The summed E-state index contributed by atoms with van der Waals surface area (Å²) in [5.41, 5.74) is 2.55. The van der Waals surface area contributed by atoms with Crippen LogP contribution >= 0.6 is 0 Å². The molecular weight excluding hydrogens is 370 g/mol. The number of amides is 1. The predicted molar refractivity (Wildman–Crippen MR) is 114 cm³/mol. The fraction of sp³-hybridized carbons (Fsp3) is 0.333. The second-order valence-electron chi connectivity index (χ2n) is 6.70. The number of rotatable bonds is 8. The molecule has 8 nitrogen and oxygen atoms in total. The number of carbonyl (C=O) groups is 1. The van der Waals surface area contributed by atoms with Crippen LogP contribution in [0.25, 0.3) is 0 Å². The SMILES string of the molecule is CCNC(=NCc1cccc([N+](=O)[O-])c1)NCCc1cccc(C(=O)N(C)C)c1. The van der Waals surface area contributed by atoms with E-state index in [0.717, 1.165) is 17.5 Å². The van der Waals surface area contributed by atoms with Crippen molar-refractivity contribution in [2.24, 2.45) is 4.99 Å². The monoisotopic (exact) mass is 397 g/mol. The van der Waals surface area contributed by atoms with Crippen LogP contribution in [0, 0.1) is 10.1 Å². The third kappa shape index (κ3) is 6.91. The zero-order valence-corrected chi connectivity index (χ0v) is 17.0. The van der Waals surface area contributed by atoms with Gasteiger partial charge in [0.15, 0.2) is 5.96 Å². The van der Waals surface area contributed by atoms with Crippen molar-refractivity contribution in [3.63, 3.8) is 0 Å². The largest absolute Gasteiger partial charge is 0.357 e. The lowest BCUT2D eigenvalue weighted by molar-refractivity contribution is -0.384. The number of nitrogens with one attached hydrogen (secondary N) is 2. The molecule has 2 N–H and O–H groups in total. The topological polar surface area (TPSA) is 99.9 Å². The summed E-state index contributed by atoms with van der Waals surface area (Å²) in [6, 6.07) is 14.0. The molecular formula is C21H27N5O3. The normalized spacial score (nSPS) is 11.1. The summed E-state index contributed by atoms with van der Waals surface area (Å²) in [4.78, 5) is 28.6. The number of non-ortho nitro benzene ring substituents is 1. The first-order chi connectivity index (χ1) is 13.9. The van der Waals surface area contributed by atoms with Crippen molar-refractivity contribution in [1.82, 2.24) is 15.5 Å². The average Bonchev–Trinajstić information content (AvgIpc) is 2.71. The predicted octanol–water partition coefficient (Wildman–Crippen LogP) is 2.59. The van der Waals surface area contributed by atoms with Gasteiger partial charge in [-0.25, -0.2) is 4.99 Å². The van der Waals surface area contributed by atoms with Crippen molar-refractivity contribution < 1.29 is 9.72 Å². The number of aliphatic imine (C=N–C) groups is 1. The summed E-state index contributed by atoms with van der Waals surface area (Å²) in [5, 5.41) is 17.3. The maximum atomic E-state index is 12.1. The van der Waals surface area contributed by atoms with Gasteiger partial charge in [-0.15, -0.1) is 0 Å². The van der Waals surface area contributed by atoms with Crippen molar-refractivity contribution in [3.05, 3.63) is 75.3 Å². The van der Waals surface area contributed by atoms with Gasteiger partial charge >= 0.3 is 0 Å². The summed E-state index contributed by atoms with van der Waals surface area (Å²) < 4.78 is 0. The Morgan fingerprint density at radius 1 is 1.10 bits per heavy atom. The van der Waals surface area contributed by atoms with Gasteiger partial charge in [-0.05, 0) is 36.6 Å². The van der Waals surface area contributed by atoms with Gasteiger partial charge in [-0.1, -0.05) is 24.3 Å². The van der Waals surface area contributed by atoms with Crippen LogP contribution in [0.15, 0.2) is 53.5 Å². The minimum absolute atomic E-state index is 0.0216. The van der Waals surface area contributed by atoms with Crippen LogP contribution in [-0.2, 0) is 13.0 Å². The number of nitro groups is 1. The summed E-state index contributed by atoms with van der Waals surface area (Å²) in [6.45, 7) is 3.65. The highest BCUT2D eigenvalue weighted by Crippen LogP contribution is 2.13. The second kappa shape index (κ2) is 10.8. The minimum Gasteiger partial charge on any atom is -0.357 e. The number of nitrogens with zero attached hydrogens (tertiary/aromatic N) is 3. The van der Waals surface area contributed by atoms with Crippen LogP contribution in [0.4, 0.5) is 5.69 Å². The smallest absolute Gasteiger partial charge is 0.269 e. The third-order valence-electron chi connectivity index (χ3n) is 4.17. The molecule has 0 atom stereocenters. The van der Waals surface area contributed by atoms with Crippen molar-refractivity contribution in [2.75, 3.05) is 27.2 Å². The molecule has 2 rings (SSSR count). The van der Waals surface area contributed by atoms with Gasteiger partial charge in [0.05, 0.1) is 11.5 Å². The van der Waals surface area contributed by atoms with Crippen molar-refractivity contribution in [1.29, 1.82) is 0 Å². The molecule has 0 saturated heterocycles. The molecule has 0 saturated carbocycles. The lowest BCUT2D eigenvalue weighted by atomic mass is 10.1. The Morgan fingerprint density at radius 3 is 2.52 bits per heavy atom. The van der Waals surface area contributed by atoms with E-state index in [4.69, 9.17) is 0 Å². The molecule has 0 aliphatic rings. The van der Waals surface area contributed by atoms with Gasteiger partial charge in [-0.2, -0.15) is 0 Å². The van der Waals surface area contributed by atoms with Gasteiger partial charge in [0.1, 0.15) is 0 Å². The molecule has 2 aromatic carbocycles. The zero-order valence-electron chi connectivity index (χ0n) is 17.0. The molecule has 0 radical (unpaired) electrons. The van der Waals surface area contributed by atoms with E-state index >= 15 is 0 Å². The Bertz CT molecular complexity index is 880. The lowest BCUT2D eigenvalue weighted by Crippen LogP contribution is -2.38. The highest BCUT2D eigenvalue weighted by molar-refractivity contribution is 5.94. The molecule has 29 heavy (non-hydrogen) atoms. The third-order valence-corrected chi connectivity index (χ3v) is 4.17. The van der Waals surface area contributed by atoms with Crippen molar-refractivity contribution >= 4 is 17.6 Å². The fourth-order valence-corrected chi connectivity index (χ4v) is 2.72. The van der Waals surface area contributed by atoms with E-state index in [-0.39, 0.29) is 11.6 Å². The van der Waals surface area contributed by atoms with Crippen molar-refractivity contribution in [3.8, 4) is 0 Å². The quantitative estimate of drug-likeness (QED) is 0.309. The molecule has 0 spiro atoms. The Hall–Kier alpha value is -3.42. The maximum absolute atomic E-state index is 12.1. The molecule has 0 aliphatic heterocycles. The van der Waals surface area contributed by atoms with E-state index in [2.05, 4.69) is 15.6 Å². The summed E-state index contributed by atoms with van der Waals surface area (Å²) >= 11 is 0. The van der Waals surface area contributed by atoms with Gasteiger partial charge in [0.2, 0.25) is 0 Å². The highest BCUT2D eigenvalue weighted by Gasteiger charge is 2.08. The summed E-state index contributed by atoms with van der Waals surface area (Å²) in [6.07, 6.45) is 0.732. The highest BCUT2D eigenvalue weighted by atomic mass is 16.6. The molecule has 0 bridgehead atoms. The molecule has 154 valence electrons. The lowest BCUT2D eigenvalue weighted by Gasteiger charge is -2.13. The molecule has 1 amide bonds. The van der Waals surface area contributed by atoms with E-state index in [0.29, 0.717) is 31.2 Å². The van der Waals surface area contributed by atoms with Gasteiger partial charge in [0, 0.05) is 44.9 Å². The molecule has 2 aromatic rings. The van der Waals surface area contributed by atoms with E-state index in [9.17, 15) is 14.9 Å². The number of carbonyl (C=O) groups excluding carboxylic acids is 1. The summed E-state index contributed by atoms with van der Waals surface area (Å²) in [5.74, 6) is 0.617. The molecule has 0 fully saturated rings. The van der Waals surface area contributed by atoms with Gasteiger partial charge in [-0.3, -0.25) is 14.9 Å².